The molecule has 0 radical (unpaired) electrons. The van der Waals surface area contributed by atoms with Gasteiger partial charge < -0.3 is 5.73 Å². The summed E-state index contributed by atoms with van der Waals surface area (Å²) in [5, 5.41) is 3.06. The van der Waals surface area contributed by atoms with E-state index in [1.54, 1.807) is 29.5 Å². The molecule has 3 nitrogen and oxygen atoms in total. The average molecular weight is 309 g/mol. The number of aryl methyl sites for hydroxylation is 1. The number of nitrogens with zero attached hydrogens (tertiary/aromatic N) is 2. The van der Waals surface area contributed by atoms with E-state index in [2.05, 4.69) is 4.98 Å². The Kier molecular flexibility index (Phi) is 4.80. The number of thiazole rings is 1. The largest absolute Gasteiger partial charge is 0.389 e. The second-order valence-electron chi connectivity index (χ2n) is 4.67. The molecular formula is C14H16FN3S2. The summed E-state index contributed by atoms with van der Waals surface area (Å²) in [7, 11) is 1.93. The lowest BCUT2D eigenvalue weighted by molar-refractivity contribution is 0.310. The standard InChI is InChI=1S/C14H16FN3S2/c1-9-17-11(8-20-9)7-18(2)6-10-4-3-5-12(13(10)15)14(16)19/h3-5,8H,6-7H2,1-2H3,(H2,16,19). The average Bonchev–Trinajstić information content (AvgIpc) is 2.77. The monoisotopic (exact) mass is 309 g/mol. The first-order valence-corrected chi connectivity index (χ1v) is 7.43. The van der Waals surface area contributed by atoms with Crippen LogP contribution in [0.3, 0.4) is 0 Å². The van der Waals surface area contributed by atoms with E-state index in [4.69, 9.17) is 18.0 Å². The molecule has 2 aromatic rings. The van der Waals surface area contributed by atoms with Crippen molar-refractivity contribution in [2.75, 3.05) is 7.05 Å². The second-order valence-corrected chi connectivity index (χ2v) is 6.18. The number of thiocarbonyl (C=S) groups is 1. The van der Waals surface area contributed by atoms with Crippen LogP contribution >= 0.6 is 23.6 Å². The smallest absolute Gasteiger partial charge is 0.137 e. The number of hydrogen-bond acceptors (Lipinski definition) is 4. The molecule has 0 unspecified atom stereocenters. The van der Waals surface area contributed by atoms with Crippen molar-refractivity contribution < 1.29 is 4.39 Å². The lowest BCUT2D eigenvalue weighted by Crippen LogP contribution is -2.20. The topological polar surface area (TPSA) is 42.2 Å². The Morgan fingerprint density at radius 1 is 1.45 bits per heavy atom. The lowest BCUT2D eigenvalue weighted by atomic mass is 10.1. The highest BCUT2D eigenvalue weighted by molar-refractivity contribution is 7.80. The fourth-order valence-corrected chi connectivity index (χ4v) is 2.76. The highest BCUT2D eigenvalue weighted by atomic mass is 32.1. The summed E-state index contributed by atoms with van der Waals surface area (Å²) in [6.07, 6.45) is 0. The van der Waals surface area contributed by atoms with Gasteiger partial charge in [0.1, 0.15) is 10.8 Å². The molecule has 0 fully saturated rings. The van der Waals surface area contributed by atoms with Gasteiger partial charge in [-0.2, -0.15) is 0 Å². The quantitative estimate of drug-likeness (QED) is 0.863. The van der Waals surface area contributed by atoms with E-state index in [-0.39, 0.29) is 10.8 Å². The number of hydrogen-bond donors (Lipinski definition) is 1. The molecule has 1 aromatic heterocycles. The minimum absolute atomic E-state index is 0.0853. The maximum atomic E-state index is 14.2. The predicted molar refractivity (Wildman–Crippen MR) is 84.3 cm³/mol. The van der Waals surface area contributed by atoms with Gasteiger partial charge in [0.05, 0.1) is 10.7 Å². The van der Waals surface area contributed by atoms with Gasteiger partial charge in [-0.15, -0.1) is 11.3 Å². The summed E-state index contributed by atoms with van der Waals surface area (Å²) in [4.78, 5) is 6.50. The molecule has 0 amide bonds. The fourth-order valence-electron chi connectivity index (χ4n) is 2.00. The third kappa shape index (κ3) is 3.59. The van der Waals surface area contributed by atoms with Crippen LogP contribution in [-0.2, 0) is 13.1 Å². The SMILES string of the molecule is Cc1nc(CN(C)Cc2cccc(C(N)=S)c2F)cs1. The highest BCUT2D eigenvalue weighted by Gasteiger charge is 2.12. The van der Waals surface area contributed by atoms with Crippen LogP contribution in [-0.4, -0.2) is 21.9 Å². The minimum Gasteiger partial charge on any atom is -0.389 e. The Balaban J connectivity index is 2.09. The summed E-state index contributed by atoms with van der Waals surface area (Å²) in [5.41, 5.74) is 7.40. The molecule has 0 aliphatic heterocycles. The van der Waals surface area contributed by atoms with Gasteiger partial charge in [0.25, 0.3) is 0 Å². The molecule has 0 saturated carbocycles. The van der Waals surface area contributed by atoms with Crippen LogP contribution in [0, 0.1) is 12.7 Å². The van der Waals surface area contributed by atoms with Gasteiger partial charge in [-0.3, -0.25) is 4.90 Å². The van der Waals surface area contributed by atoms with Gasteiger partial charge in [0, 0.05) is 29.6 Å². The fraction of sp³-hybridized carbons (Fsp3) is 0.286. The van der Waals surface area contributed by atoms with Gasteiger partial charge in [0.15, 0.2) is 0 Å². The molecule has 2 rings (SSSR count). The molecule has 0 saturated heterocycles. The lowest BCUT2D eigenvalue weighted by Gasteiger charge is -2.16. The number of rotatable bonds is 5. The van der Waals surface area contributed by atoms with Crippen LogP contribution < -0.4 is 5.73 Å². The summed E-state index contributed by atoms with van der Waals surface area (Å²) in [5.74, 6) is -0.332. The highest BCUT2D eigenvalue weighted by Crippen LogP contribution is 2.16. The Morgan fingerprint density at radius 3 is 2.80 bits per heavy atom. The number of aromatic nitrogens is 1. The van der Waals surface area contributed by atoms with Crippen LogP contribution in [0.15, 0.2) is 23.6 Å². The number of benzene rings is 1. The van der Waals surface area contributed by atoms with Crippen LogP contribution in [0.25, 0.3) is 0 Å². The molecule has 0 atom stereocenters. The van der Waals surface area contributed by atoms with Crippen molar-refractivity contribution >= 4 is 28.5 Å². The van der Waals surface area contributed by atoms with E-state index in [9.17, 15) is 4.39 Å². The first-order chi connectivity index (χ1) is 9.47. The Morgan fingerprint density at radius 2 is 2.20 bits per heavy atom. The minimum atomic E-state index is -0.332. The van der Waals surface area contributed by atoms with E-state index in [1.807, 2.05) is 24.3 Å². The zero-order valence-electron chi connectivity index (χ0n) is 11.4. The molecule has 0 bridgehead atoms. The van der Waals surface area contributed by atoms with Crippen molar-refractivity contribution in [2.45, 2.75) is 20.0 Å². The van der Waals surface area contributed by atoms with Crippen LogP contribution in [0.2, 0.25) is 0 Å². The van der Waals surface area contributed by atoms with E-state index < -0.39 is 0 Å². The summed E-state index contributed by atoms with van der Waals surface area (Å²) < 4.78 is 14.2. The first kappa shape index (κ1) is 15.0. The van der Waals surface area contributed by atoms with Gasteiger partial charge >= 0.3 is 0 Å². The van der Waals surface area contributed by atoms with Crippen molar-refractivity contribution in [1.29, 1.82) is 0 Å². The molecule has 1 heterocycles. The summed E-state index contributed by atoms with van der Waals surface area (Å²) >= 11 is 6.46. The molecule has 0 aliphatic rings. The molecule has 0 aliphatic carbocycles. The third-order valence-electron chi connectivity index (χ3n) is 2.88. The number of halogens is 1. The van der Waals surface area contributed by atoms with Gasteiger partial charge in [-0.05, 0) is 20.0 Å². The van der Waals surface area contributed by atoms with Crippen molar-refractivity contribution in [2.24, 2.45) is 5.73 Å². The van der Waals surface area contributed by atoms with E-state index in [0.29, 0.717) is 24.2 Å². The first-order valence-electron chi connectivity index (χ1n) is 6.14. The summed E-state index contributed by atoms with van der Waals surface area (Å²) in [6.45, 7) is 3.14. The van der Waals surface area contributed by atoms with Crippen molar-refractivity contribution in [1.82, 2.24) is 9.88 Å². The van der Waals surface area contributed by atoms with Crippen molar-refractivity contribution in [3.8, 4) is 0 Å². The van der Waals surface area contributed by atoms with Crippen molar-refractivity contribution in [3.63, 3.8) is 0 Å². The van der Waals surface area contributed by atoms with Gasteiger partial charge in [-0.25, -0.2) is 9.37 Å². The Labute approximate surface area is 127 Å². The Hall–Kier alpha value is -1.37. The van der Waals surface area contributed by atoms with E-state index in [1.165, 1.54) is 0 Å². The van der Waals surface area contributed by atoms with Crippen LogP contribution in [0.5, 0.6) is 0 Å². The van der Waals surface area contributed by atoms with Crippen molar-refractivity contribution in [3.05, 3.63) is 51.2 Å². The Bertz CT molecular complexity index is 625. The zero-order chi connectivity index (χ0) is 14.7. The molecule has 0 spiro atoms. The molecular weight excluding hydrogens is 293 g/mol. The second kappa shape index (κ2) is 6.39. The molecule has 1 aromatic carbocycles. The van der Waals surface area contributed by atoms with Crippen LogP contribution in [0.1, 0.15) is 21.8 Å². The molecule has 6 heteroatoms. The number of nitrogens with two attached hydrogens (primary N) is 1. The summed E-state index contributed by atoms with van der Waals surface area (Å²) in [6, 6.07) is 5.12. The molecule has 2 N–H and O–H groups in total. The van der Waals surface area contributed by atoms with Gasteiger partial charge in [-0.1, -0.05) is 24.4 Å². The normalized spacial score (nSPS) is 11.0. The predicted octanol–water partition coefficient (Wildman–Crippen LogP) is 2.86. The maximum Gasteiger partial charge on any atom is 0.137 e. The van der Waals surface area contributed by atoms with E-state index in [0.717, 1.165) is 10.7 Å². The maximum absolute atomic E-state index is 14.2. The van der Waals surface area contributed by atoms with Gasteiger partial charge in [0.2, 0.25) is 0 Å². The molecule has 106 valence electrons. The molecule has 20 heavy (non-hydrogen) atoms. The zero-order valence-corrected chi connectivity index (χ0v) is 13.0. The van der Waals surface area contributed by atoms with Crippen LogP contribution in [0.4, 0.5) is 4.39 Å². The third-order valence-corrected chi connectivity index (χ3v) is 3.93. The van der Waals surface area contributed by atoms with E-state index >= 15 is 0 Å².